The van der Waals surface area contributed by atoms with Crippen molar-refractivity contribution >= 4 is 32.9 Å². The molecule has 2 saturated heterocycles. The lowest BCUT2D eigenvalue weighted by molar-refractivity contribution is 0.0747. The smallest absolute Gasteiger partial charge is 0.256 e. The lowest BCUT2D eigenvalue weighted by Crippen LogP contribution is -2.49. The summed E-state index contributed by atoms with van der Waals surface area (Å²) >= 11 is 0. The van der Waals surface area contributed by atoms with Crippen LogP contribution in [0, 0.1) is 0 Å². The van der Waals surface area contributed by atoms with E-state index in [1.807, 2.05) is 17.0 Å². The second-order valence-electron chi connectivity index (χ2n) is 8.23. The summed E-state index contributed by atoms with van der Waals surface area (Å²) in [5.41, 5.74) is 7.65. The van der Waals surface area contributed by atoms with Crippen molar-refractivity contribution in [2.24, 2.45) is 0 Å². The fourth-order valence-electron chi connectivity index (χ4n) is 4.22. The molecule has 3 heterocycles. The highest BCUT2D eigenvalue weighted by Gasteiger charge is 2.27. The van der Waals surface area contributed by atoms with Gasteiger partial charge in [-0.05, 0) is 49.6 Å². The molecule has 0 spiro atoms. The van der Waals surface area contributed by atoms with Gasteiger partial charge in [0.2, 0.25) is 0 Å². The standard InChI is InChI=1S/C22H29N5O3S/c1-31(29,30)18-6-7-20(25-9-3-2-4-10-25)19(15-18)22(28)27-13-11-26(12-14-27)21-8-5-17(23)16-24-21/h5-8,15-16H,2-4,9-14,23H2,1H3. The summed E-state index contributed by atoms with van der Waals surface area (Å²) in [6.45, 7) is 4.19. The van der Waals surface area contributed by atoms with Gasteiger partial charge in [0.25, 0.3) is 5.91 Å². The van der Waals surface area contributed by atoms with E-state index in [2.05, 4.69) is 14.8 Å². The second kappa shape index (κ2) is 8.74. The van der Waals surface area contributed by atoms with Gasteiger partial charge in [0, 0.05) is 51.2 Å². The molecule has 0 bridgehead atoms. The van der Waals surface area contributed by atoms with Crippen molar-refractivity contribution in [1.82, 2.24) is 9.88 Å². The number of amides is 1. The summed E-state index contributed by atoms with van der Waals surface area (Å²) in [7, 11) is -3.40. The third kappa shape index (κ3) is 4.76. The Morgan fingerprint density at radius 1 is 0.935 bits per heavy atom. The maximum atomic E-state index is 13.5. The number of nitrogen functional groups attached to an aromatic ring is 1. The van der Waals surface area contributed by atoms with Crippen molar-refractivity contribution in [3.63, 3.8) is 0 Å². The van der Waals surface area contributed by atoms with Gasteiger partial charge in [0.1, 0.15) is 5.82 Å². The average molecular weight is 444 g/mol. The molecular weight excluding hydrogens is 414 g/mol. The molecule has 0 saturated carbocycles. The number of hydrogen-bond acceptors (Lipinski definition) is 7. The molecule has 2 aliphatic heterocycles. The Bertz CT molecular complexity index is 1040. The molecule has 31 heavy (non-hydrogen) atoms. The molecule has 2 fully saturated rings. The van der Waals surface area contributed by atoms with Crippen LogP contribution in [-0.2, 0) is 9.84 Å². The van der Waals surface area contributed by atoms with Crippen LogP contribution in [0.1, 0.15) is 29.6 Å². The minimum Gasteiger partial charge on any atom is -0.397 e. The molecular formula is C22H29N5O3S. The van der Waals surface area contributed by atoms with Gasteiger partial charge in [0.05, 0.1) is 22.3 Å². The van der Waals surface area contributed by atoms with Gasteiger partial charge in [-0.1, -0.05) is 0 Å². The summed E-state index contributed by atoms with van der Waals surface area (Å²) in [6.07, 6.45) is 6.15. The molecule has 0 atom stereocenters. The second-order valence-corrected chi connectivity index (χ2v) is 10.2. The summed E-state index contributed by atoms with van der Waals surface area (Å²) in [4.78, 5) is 24.2. The molecule has 4 rings (SSSR count). The third-order valence-corrected chi connectivity index (χ3v) is 7.10. The van der Waals surface area contributed by atoms with E-state index in [9.17, 15) is 13.2 Å². The molecule has 8 nitrogen and oxygen atoms in total. The topological polar surface area (TPSA) is 99.8 Å². The van der Waals surface area contributed by atoms with Crippen LogP contribution < -0.4 is 15.5 Å². The molecule has 1 aromatic heterocycles. The van der Waals surface area contributed by atoms with Crippen molar-refractivity contribution in [2.45, 2.75) is 24.2 Å². The summed E-state index contributed by atoms with van der Waals surface area (Å²) in [6, 6.07) is 8.66. The van der Waals surface area contributed by atoms with Gasteiger partial charge in [0.15, 0.2) is 9.84 Å². The van der Waals surface area contributed by atoms with Crippen LogP contribution in [0.25, 0.3) is 0 Å². The minimum atomic E-state index is -3.40. The van der Waals surface area contributed by atoms with E-state index in [1.165, 1.54) is 12.7 Å². The molecule has 9 heteroatoms. The van der Waals surface area contributed by atoms with Crippen LogP contribution in [0.15, 0.2) is 41.4 Å². The highest BCUT2D eigenvalue weighted by molar-refractivity contribution is 7.90. The number of pyridine rings is 1. The first-order valence-corrected chi connectivity index (χ1v) is 12.6. The summed E-state index contributed by atoms with van der Waals surface area (Å²) in [5, 5.41) is 0. The van der Waals surface area contributed by atoms with Crippen molar-refractivity contribution < 1.29 is 13.2 Å². The van der Waals surface area contributed by atoms with Crippen molar-refractivity contribution in [3.8, 4) is 0 Å². The summed E-state index contributed by atoms with van der Waals surface area (Å²) < 4.78 is 24.3. The molecule has 0 aliphatic carbocycles. The van der Waals surface area contributed by atoms with Gasteiger partial charge in [-0.15, -0.1) is 0 Å². The highest BCUT2D eigenvalue weighted by Crippen LogP contribution is 2.29. The van der Waals surface area contributed by atoms with E-state index < -0.39 is 9.84 Å². The molecule has 0 radical (unpaired) electrons. The zero-order valence-electron chi connectivity index (χ0n) is 17.8. The van der Waals surface area contributed by atoms with E-state index in [4.69, 9.17) is 5.73 Å². The Balaban J connectivity index is 1.56. The molecule has 2 aromatic rings. The number of benzene rings is 1. The maximum Gasteiger partial charge on any atom is 0.256 e. The lowest BCUT2D eigenvalue weighted by atomic mass is 10.1. The van der Waals surface area contributed by atoms with Gasteiger partial charge >= 0.3 is 0 Å². The van der Waals surface area contributed by atoms with Gasteiger partial charge in [-0.25, -0.2) is 13.4 Å². The normalized spacial score (nSPS) is 17.6. The fourth-order valence-corrected chi connectivity index (χ4v) is 4.87. The van der Waals surface area contributed by atoms with Gasteiger partial charge in [-0.2, -0.15) is 0 Å². The number of piperidine rings is 1. The zero-order chi connectivity index (χ0) is 22.0. The van der Waals surface area contributed by atoms with Crippen molar-refractivity contribution in [2.75, 3.05) is 61.1 Å². The van der Waals surface area contributed by atoms with E-state index in [1.54, 1.807) is 24.4 Å². The van der Waals surface area contributed by atoms with E-state index >= 15 is 0 Å². The number of nitrogens with zero attached hydrogens (tertiary/aromatic N) is 4. The van der Waals surface area contributed by atoms with Crippen LogP contribution >= 0.6 is 0 Å². The minimum absolute atomic E-state index is 0.115. The fraction of sp³-hybridized carbons (Fsp3) is 0.455. The molecule has 166 valence electrons. The van der Waals surface area contributed by atoms with Crippen molar-refractivity contribution in [3.05, 3.63) is 42.1 Å². The Hall–Kier alpha value is -2.81. The number of carbonyl (C=O) groups is 1. The van der Waals surface area contributed by atoms with E-state index in [0.29, 0.717) is 37.4 Å². The van der Waals surface area contributed by atoms with Crippen molar-refractivity contribution in [1.29, 1.82) is 0 Å². The number of piperazine rings is 1. The Morgan fingerprint density at radius 3 is 2.26 bits per heavy atom. The Labute approximate surface area is 183 Å². The number of carbonyl (C=O) groups excluding carboxylic acids is 1. The van der Waals surface area contributed by atoms with Crippen LogP contribution in [0.3, 0.4) is 0 Å². The number of anilines is 3. The molecule has 1 aromatic carbocycles. The summed E-state index contributed by atoms with van der Waals surface area (Å²) in [5.74, 6) is 0.727. The largest absolute Gasteiger partial charge is 0.397 e. The maximum absolute atomic E-state index is 13.5. The monoisotopic (exact) mass is 443 g/mol. The lowest BCUT2D eigenvalue weighted by Gasteiger charge is -2.37. The molecule has 2 N–H and O–H groups in total. The number of rotatable bonds is 4. The first kappa shape index (κ1) is 21.4. The SMILES string of the molecule is CS(=O)(=O)c1ccc(N2CCCCC2)c(C(=O)N2CCN(c3ccc(N)cn3)CC2)c1. The first-order chi connectivity index (χ1) is 14.8. The van der Waals surface area contributed by atoms with Crippen LogP contribution in [0.4, 0.5) is 17.2 Å². The predicted octanol–water partition coefficient (Wildman–Crippen LogP) is 2.02. The van der Waals surface area contributed by atoms with E-state index in [0.717, 1.165) is 37.4 Å². The molecule has 1 amide bonds. The van der Waals surface area contributed by atoms with Crippen LogP contribution in [0.5, 0.6) is 0 Å². The third-order valence-electron chi connectivity index (χ3n) is 5.98. The average Bonchev–Trinajstić information content (AvgIpc) is 2.79. The number of sulfone groups is 1. The zero-order valence-corrected chi connectivity index (χ0v) is 18.6. The van der Waals surface area contributed by atoms with Gasteiger partial charge < -0.3 is 20.4 Å². The predicted molar refractivity (Wildman–Crippen MR) is 122 cm³/mol. The van der Waals surface area contributed by atoms with Crippen LogP contribution in [-0.4, -0.2) is 69.7 Å². The Kier molecular flexibility index (Phi) is 6.04. The van der Waals surface area contributed by atoms with Crippen LogP contribution in [0.2, 0.25) is 0 Å². The molecule has 0 unspecified atom stereocenters. The first-order valence-electron chi connectivity index (χ1n) is 10.7. The van der Waals surface area contributed by atoms with Gasteiger partial charge in [-0.3, -0.25) is 4.79 Å². The number of hydrogen-bond donors (Lipinski definition) is 1. The van der Waals surface area contributed by atoms with E-state index in [-0.39, 0.29) is 10.8 Å². The number of aromatic nitrogens is 1. The number of nitrogens with two attached hydrogens (primary N) is 1. The Morgan fingerprint density at radius 2 is 1.65 bits per heavy atom. The quantitative estimate of drug-likeness (QED) is 0.772. The highest BCUT2D eigenvalue weighted by atomic mass is 32.2. The molecule has 2 aliphatic rings.